The molecule has 2 N–H and O–H groups in total. The number of amides is 1. The molecule has 5 nitrogen and oxygen atoms in total. The lowest BCUT2D eigenvalue weighted by molar-refractivity contribution is -0.131. The van der Waals surface area contributed by atoms with Crippen molar-refractivity contribution >= 4 is 5.91 Å². The van der Waals surface area contributed by atoms with Crippen LogP contribution in [0.4, 0.5) is 0 Å². The molecule has 1 aromatic heterocycles. The molecule has 1 fully saturated rings. The van der Waals surface area contributed by atoms with Crippen LogP contribution in [0.15, 0.2) is 36.4 Å². The lowest BCUT2D eigenvalue weighted by atomic mass is 9.84. The summed E-state index contributed by atoms with van der Waals surface area (Å²) in [5, 5.41) is 10.9. The largest absolute Gasteiger partial charge is 0.346 e. The summed E-state index contributed by atoms with van der Waals surface area (Å²) in [7, 11) is 1.93. The highest BCUT2D eigenvalue weighted by Crippen LogP contribution is 2.25. The predicted octanol–water partition coefficient (Wildman–Crippen LogP) is 3.49. The maximum atomic E-state index is 12.5. The second-order valence-electron chi connectivity index (χ2n) is 7.83. The Morgan fingerprint density at radius 3 is 2.74 bits per heavy atom. The summed E-state index contributed by atoms with van der Waals surface area (Å²) < 4.78 is 0. The molecular formula is C22H32N4O. The van der Waals surface area contributed by atoms with E-state index in [-0.39, 0.29) is 5.91 Å². The first-order valence-corrected chi connectivity index (χ1v) is 10.2. The summed E-state index contributed by atoms with van der Waals surface area (Å²) in [4.78, 5) is 14.4. The number of carbonyl (C=O) groups excluding carboxylic acids is 1. The van der Waals surface area contributed by atoms with E-state index in [0.717, 1.165) is 49.4 Å². The topological polar surface area (TPSA) is 61.0 Å². The van der Waals surface area contributed by atoms with Crippen LogP contribution in [0, 0.1) is 11.8 Å². The molecule has 1 aromatic carbocycles. The van der Waals surface area contributed by atoms with E-state index in [1.165, 1.54) is 12.8 Å². The fourth-order valence-electron chi connectivity index (χ4n) is 3.89. The molecule has 5 heteroatoms. The molecule has 2 heterocycles. The highest BCUT2D eigenvalue weighted by atomic mass is 16.2. The first-order valence-electron chi connectivity index (χ1n) is 10.2. The van der Waals surface area contributed by atoms with Gasteiger partial charge in [0, 0.05) is 31.3 Å². The highest BCUT2D eigenvalue weighted by Gasteiger charge is 2.23. The Balaban J connectivity index is 1.40. The van der Waals surface area contributed by atoms with Crippen molar-refractivity contribution in [2.24, 2.45) is 11.8 Å². The fourth-order valence-corrected chi connectivity index (χ4v) is 3.89. The van der Waals surface area contributed by atoms with Crippen molar-refractivity contribution < 1.29 is 4.79 Å². The van der Waals surface area contributed by atoms with E-state index < -0.39 is 0 Å². The first-order chi connectivity index (χ1) is 13.1. The predicted molar refractivity (Wildman–Crippen MR) is 109 cm³/mol. The van der Waals surface area contributed by atoms with Gasteiger partial charge >= 0.3 is 0 Å². The van der Waals surface area contributed by atoms with Gasteiger partial charge in [-0.3, -0.25) is 9.89 Å². The number of hydrogen-bond donors (Lipinski definition) is 2. The van der Waals surface area contributed by atoms with Crippen LogP contribution in [0.5, 0.6) is 0 Å². The van der Waals surface area contributed by atoms with Gasteiger partial charge in [-0.1, -0.05) is 37.3 Å². The summed E-state index contributed by atoms with van der Waals surface area (Å²) in [5.41, 5.74) is 3.22. The van der Waals surface area contributed by atoms with E-state index in [1.807, 2.05) is 30.1 Å². The summed E-state index contributed by atoms with van der Waals surface area (Å²) in [6, 6.07) is 12.3. The summed E-state index contributed by atoms with van der Waals surface area (Å²) in [6.07, 6.45) is 4.91. The molecule has 0 saturated carbocycles. The number of hydrogen-bond acceptors (Lipinski definition) is 3. The number of nitrogens with one attached hydrogen (secondary N) is 2. The molecule has 27 heavy (non-hydrogen) atoms. The quantitative estimate of drug-likeness (QED) is 0.750. The van der Waals surface area contributed by atoms with Crippen LogP contribution < -0.4 is 5.32 Å². The second kappa shape index (κ2) is 9.70. The van der Waals surface area contributed by atoms with Crippen molar-refractivity contribution in [1.82, 2.24) is 20.4 Å². The third-order valence-corrected chi connectivity index (χ3v) is 5.75. The van der Waals surface area contributed by atoms with Gasteiger partial charge in [-0.05, 0) is 56.7 Å². The zero-order valence-corrected chi connectivity index (χ0v) is 16.6. The number of aromatic nitrogens is 2. The van der Waals surface area contributed by atoms with E-state index in [4.69, 9.17) is 0 Å². The minimum atomic E-state index is 0.274. The standard InChI is InChI=1S/C22H32N4O/c1-17(18-10-12-23-13-11-18)15-22(27)26(2)14-6-9-20-16-21(25-24-20)19-7-4-3-5-8-19/h3-5,7-8,16-18,23H,6,9-15H2,1-2H3,(H,24,25). The molecule has 1 amide bonds. The molecule has 0 radical (unpaired) electrons. The van der Waals surface area contributed by atoms with E-state index in [9.17, 15) is 4.79 Å². The summed E-state index contributed by atoms with van der Waals surface area (Å²) in [6.45, 7) is 5.21. The monoisotopic (exact) mass is 368 g/mol. The number of H-pyrrole nitrogens is 1. The van der Waals surface area contributed by atoms with Crippen molar-refractivity contribution in [2.75, 3.05) is 26.7 Å². The number of benzene rings is 1. The van der Waals surface area contributed by atoms with Gasteiger partial charge in [-0.15, -0.1) is 0 Å². The van der Waals surface area contributed by atoms with Crippen LogP contribution in [0.25, 0.3) is 11.3 Å². The van der Waals surface area contributed by atoms with Gasteiger partial charge < -0.3 is 10.2 Å². The second-order valence-corrected chi connectivity index (χ2v) is 7.83. The molecular weight excluding hydrogens is 336 g/mol. The minimum absolute atomic E-state index is 0.274. The maximum Gasteiger partial charge on any atom is 0.222 e. The first kappa shape index (κ1) is 19.6. The molecule has 1 atom stereocenters. The average Bonchev–Trinajstić information content (AvgIpc) is 3.18. The number of aryl methyl sites for hydroxylation is 1. The summed E-state index contributed by atoms with van der Waals surface area (Å²) >= 11 is 0. The number of nitrogens with zero attached hydrogens (tertiary/aromatic N) is 2. The van der Waals surface area contributed by atoms with Crippen LogP contribution in [0.3, 0.4) is 0 Å². The van der Waals surface area contributed by atoms with Crippen molar-refractivity contribution in [1.29, 1.82) is 0 Å². The highest BCUT2D eigenvalue weighted by molar-refractivity contribution is 5.76. The molecule has 146 valence electrons. The van der Waals surface area contributed by atoms with Gasteiger partial charge in [0.2, 0.25) is 5.91 Å². The van der Waals surface area contributed by atoms with Crippen LogP contribution >= 0.6 is 0 Å². The SMILES string of the molecule is CC(CC(=O)N(C)CCCc1cc(-c2ccccc2)n[nH]1)C1CCNCC1. The molecule has 0 aliphatic carbocycles. The van der Waals surface area contributed by atoms with Crippen molar-refractivity contribution in [3.8, 4) is 11.3 Å². The molecule has 3 rings (SSSR count). The van der Waals surface area contributed by atoms with Crippen molar-refractivity contribution in [3.05, 3.63) is 42.1 Å². The maximum absolute atomic E-state index is 12.5. The Kier molecular flexibility index (Phi) is 7.04. The number of aromatic amines is 1. The third-order valence-electron chi connectivity index (χ3n) is 5.75. The molecule has 0 spiro atoms. The lowest BCUT2D eigenvalue weighted by Gasteiger charge is -2.29. The van der Waals surface area contributed by atoms with Crippen molar-refractivity contribution in [2.45, 2.75) is 39.0 Å². The number of piperidine rings is 1. The Morgan fingerprint density at radius 1 is 1.26 bits per heavy atom. The molecule has 2 aromatic rings. The Labute approximate surface area is 162 Å². The molecule has 1 aliphatic heterocycles. The van der Waals surface area contributed by atoms with Gasteiger partial charge in [0.1, 0.15) is 0 Å². The Bertz CT molecular complexity index is 706. The van der Waals surface area contributed by atoms with E-state index >= 15 is 0 Å². The van der Waals surface area contributed by atoms with Gasteiger partial charge in [-0.25, -0.2) is 0 Å². The van der Waals surface area contributed by atoms with E-state index in [0.29, 0.717) is 18.3 Å². The molecule has 1 unspecified atom stereocenters. The average molecular weight is 369 g/mol. The van der Waals surface area contributed by atoms with Crippen molar-refractivity contribution in [3.63, 3.8) is 0 Å². The minimum Gasteiger partial charge on any atom is -0.346 e. The van der Waals surface area contributed by atoms with Crippen LogP contribution in [-0.2, 0) is 11.2 Å². The van der Waals surface area contributed by atoms with E-state index in [2.05, 4.69) is 40.6 Å². The molecule has 1 saturated heterocycles. The van der Waals surface area contributed by atoms with Crippen LogP contribution in [-0.4, -0.2) is 47.7 Å². The zero-order chi connectivity index (χ0) is 19.1. The number of carbonyl (C=O) groups is 1. The van der Waals surface area contributed by atoms with Crippen LogP contribution in [0.2, 0.25) is 0 Å². The Hall–Kier alpha value is -2.14. The smallest absolute Gasteiger partial charge is 0.222 e. The third kappa shape index (κ3) is 5.67. The summed E-state index contributed by atoms with van der Waals surface area (Å²) in [5.74, 6) is 1.43. The molecule has 1 aliphatic rings. The van der Waals surface area contributed by atoms with Gasteiger partial charge in [-0.2, -0.15) is 5.10 Å². The van der Waals surface area contributed by atoms with Gasteiger partial charge in [0.15, 0.2) is 0 Å². The van der Waals surface area contributed by atoms with Crippen LogP contribution in [0.1, 0.15) is 38.3 Å². The normalized spacial score (nSPS) is 16.2. The zero-order valence-electron chi connectivity index (χ0n) is 16.6. The lowest BCUT2D eigenvalue weighted by Crippen LogP contribution is -2.34. The molecule has 0 bridgehead atoms. The number of rotatable bonds is 8. The van der Waals surface area contributed by atoms with E-state index in [1.54, 1.807) is 0 Å². The Morgan fingerprint density at radius 2 is 2.00 bits per heavy atom. The van der Waals surface area contributed by atoms with Gasteiger partial charge in [0.05, 0.1) is 5.69 Å². The fraction of sp³-hybridized carbons (Fsp3) is 0.545. The van der Waals surface area contributed by atoms with Gasteiger partial charge in [0.25, 0.3) is 0 Å².